The number of amides is 2. The number of benzene rings is 1. The summed E-state index contributed by atoms with van der Waals surface area (Å²) in [6, 6.07) is 8.30. The Morgan fingerprint density at radius 3 is 2.61 bits per heavy atom. The molecule has 28 heavy (non-hydrogen) atoms. The molecular formula is C20H18ClN3O4. The van der Waals surface area contributed by atoms with E-state index < -0.39 is 5.91 Å². The summed E-state index contributed by atoms with van der Waals surface area (Å²) in [7, 11) is 1.49. The molecule has 0 aliphatic rings. The number of carbonyl (C=O) groups excluding carboxylic acids is 2. The maximum absolute atomic E-state index is 12.6. The first-order valence-electron chi connectivity index (χ1n) is 8.39. The van der Waals surface area contributed by atoms with E-state index in [0.717, 1.165) is 5.56 Å². The number of halogens is 1. The van der Waals surface area contributed by atoms with Crippen LogP contribution in [0.3, 0.4) is 0 Å². The maximum atomic E-state index is 12.6. The number of pyridine rings is 1. The van der Waals surface area contributed by atoms with Gasteiger partial charge in [0.25, 0.3) is 11.8 Å². The monoisotopic (exact) mass is 399 g/mol. The molecule has 0 saturated heterocycles. The molecule has 3 aromatic rings. The van der Waals surface area contributed by atoms with Crippen LogP contribution in [0.2, 0.25) is 5.02 Å². The molecule has 1 aromatic carbocycles. The van der Waals surface area contributed by atoms with E-state index in [1.807, 2.05) is 6.92 Å². The van der Waals surface area contributed by atoms with Gasteiger partial charge in [-0.25, -0.2) is 0 Å². The Hall–Kier alpha value is -3.32. The van der Waals surface area contributed by atoms with Gasteiger partial charge in [-0.1, -0.05) is 11.6 Å². The Morgan fingerprint density at radius 1 is 1.18 bits per heavy atom. The van der Waals surface area contributed by atoms with Gasteiger partial charge in [0.2, 0.25) is 0 Å². The molecule has 2 heterocycles. The zero-order valence-corrected chi connectivity index (χ0v) is 16.0. The highest BCUT2D eigenvalue weighted by atomic mass is 35.5. The second kappa shape index (κ2) is 8.58. The summed E-state index contributed by atoms with van der Waals surface area (Å²) in [4.78, 5) is 28.9. The molecule has 0 atom stereocenters. The predicted octanol–water partition coefficient (Wildman–Crippen LogP) is 3.83. The molecule has 7 nitrogen and oxygen atoms in total. The van der Waals surface area contributed by atoms with Gasteiger partial charge >= 0.3 is 0 Å². The summed E-state index contributed by atoms with van der Waals surface area (Å²) in [5.41, 5.74) is 1.77. The summed E-state index contributed by atoms with van der Waals surface area (Å²) in [6.07, 6.45) is 4.30. The minimum atomic E-state index is -0.423. The van der Waals surface area contributed by atoms with E-state index in [-0.39, 0.29) is 23.6 Å². The summed E-state index contributed by atoms with van der Waals surface area (Å²) >= 11 is 6.09. The number of nitrogens with zero attached hydrogens (tertiary/aromatic N) is 1. The van der Waals surface area contributed by atoms with Crippen molar-refractivity contribution in [1.29, 1.82) is 0 Å². The lowest BCUT2D eigenvalue weighted by Crippen LogP contribution is -2.23. The largest absolute Gasteiger partial charge is 0.495 e. The summed E-state index contributed by atoms with van der Waals surface area (Å²) < 4.78 is 10.4. The Morgan fingerprint density at radius 2 is 1.93 bits per heavy atom. The second-order valence-electron chi connectivity index (χ2n) is 5.98. The topological polar surface area (TPSA) is 93.5 Å². The average Bonchev–Trinajstić information content (AvgIpc) is 3.22. The SMILES string of the molecule is COc1cc(Cl)c(C)cc1NC(=O)c1cncc(C(=O)NCc2ccco2)c1. The van der Waals surface area contributed by atoms with Crippen molar-refractivity contribution in [3.8, 4) is 5.75 Å². The van der Waals surface area contributed by atoms with Gasteiger partial charge in [-0.15, -0.1) is 0 Å². The van der Waals surface area contributed by atoms with Gasteiger partial charge in [-0.3, -0.25) is 14.6 Å². The van der Waals surface area contributed by atoms with Crippen molar-refractivity contribution < 1.29 is 18.7 Å². The van der Waals surface area contributed by atoms with Crippen LogP contribution in [-0.2, 0) is 6.54 Å². The molecule has 0 bridgehead atoms. The number of rotatable bonds is 6. The van der Waals surface area contributed by atoms with Gasteiger partial charge in [-0.05, 0) is 36.8 Å². The van der Waals surface area contributed by atoms with E-state index in [2.05, 4.69) is 15.6 Å². The van der Waals surface area contributed by atoms with E-state index in [4.69, 9.17) is 20.8 Å². The second-order valence-corrected chi connectivity index (χ2v) is 6.39. The van der Waals surface area contributed by atoms with Crippen LogP contribution in [0.15, 0.2) is 53.4 Å². The third-order valence-corrected chi connectivity index (χ3v) is 4.40. The molecule has 144 valence electrons. The molecule has 0 aliphatic heterocycles. The van der Waals surface area contributed by atoms with Crippen molar-refractivity contribution in [3.63, 3.8) is 0 Å². The lowest BCUT2D eigenvalue weighted by Gasteiger charge is -2.12. The van der Waals surface area contributed by atoms with Gasteiger partial charge in [0, 0.05) is 23.5 Å². The van der Waals surface area contributed by atoms with Crippen LogP contribution in [0.4, 0.5) is 5.69 Å². The molecule has 0 aliphatic carbocycles. The number of hydrogen-bond donors (Lipinski definition) is 2. The zero-order valence-electron chi connectivity index (χ0n) is 15.3. The number of ether oxygens (including phenoxy) is 1. The highest BCUT2D eigenvalue weighted by Crippen LogP contribution is 2.31. The lowest BCUT2D eigenvalue weighted by molar-refractivity contribution is 0.0947. The van der Waals surface area contributed by atoms with E-state index in [0.29, 0.717) is 22.2 Å². The molecule has 3 rings (SSSR count). The third-order valence-electron chi connectivity index (χ3n) is 3.99. The highest BCUT2D eigenvalue weighted by molar-refractivity contribution is 6.31. The number of methoxy groups -OCH3 is 1. The molecule has 8 heteroatoms. The number of aryl methyl sites for hydroxylation is 1. The van der Waals surface area contributed by atoms with Crippen molar-refractivity contribution >= 4 is 29.1 Å². The maximum Gasteiger partial charge on any atom is 0.257 e. The fourth-order valence-electron chi connectivity index (χ4n) is 2.50. The molecule has 0 unspecified atom stereocenters. The number of furan rings is 1. The van der Waals surface area contributed by atoms with Crippen LogP contribution in [0.25, 0.3) is 0 Å². The van der Waals surface area contributed by atoms with Crippen LogP contribution in [0, 0.1) is 6.92 Å². The number of aromatic nitrogens is 1. The first-order valence-corrected chi connectivity index (χ1v) is 8.77. The Labute approximate surface area is 166 Å². The standard InChI is InChI=1S/C20H18ClN3O4/c1-12-6-17(18(27-2)8-16(12)21)24-20(26)14-7-13(9-22-10-14)19(25)23-11-15-4-3-5-28-15/h3-10H,11H2,1-2H3,(H,23,25)(H,24,26). The normalized spacial score (nSPS) is 10.4. The first kappa shape index (κ1) is 19.4. The van der Waals surface area contributed by atoms with Crippen molar-refractivity contribution in [3.05, 3.63) is 76.5 Å². The van der Waals surface area contributed by atoms with Crippen molar-refractivity contribution in [2.75, 3.05) is 12.4 Å². The number of nitrogens with one attached hydrogen (secondary N) is 2. The minimum absolute atomic E-state index is 0.236. The van der Waals surface area contributed by atoms with E-state index in [1.54, 1.807) is 24.3 Å². The van der Waals surface area contributed by atoms with Gasteiger partial charge in [-0.2, -0.15) is 0 Å². The summed E-state index contributed by atoms with van der Waals surface area (Å²) in [6.45, 7) is 2.06. The van der Waals surface area contributed by atoms with Crippen molar-refractivity contribution in [2.24, 2.45) is 0 Å². The molecule has 0 saturated carbocycles. The van der Waals surface area contributed by atoms with Crippen LogP contribution in [-0.4, -0.2) is 23.9 Å². The Kier molecular flexibility index (Phi) is 5.96. The quantitative estimate of drug-likeness (QED) is 0.657. The lowest BCUT2D eigenvalue weighted by atomic mass is 10.1. The highest BCUT2D eigenvalue weighted by Gasteiger charge is 2.15. The smallest absolute Gasteiger partial charge is 0.257 e. The van der Waals surface area contributed by atoms with E-state index in [9.17, 15) is 9.59 Å². The van der Waals surface area contributed by atoms with Gasteiger partial charge < -0.3 is 19.8 Å². The number of hydrogen-bond acceptors (Lipinski definition) is 5. The molecule has 2 amide bonds. The fourth-order valence-corrected chi connectivity index (χ4v) is 2.65. The minimum Gasteiger partial charge on any atom is -0.495 e. The Bertz CT molecular complexity index is 1000. The van der Waals surface area contributed by atoms with Gasteiger partial charge in [0.15, 0.2) is 0 Å². The first-order chi connectivity index (χ1) is 13.5. The molecule has 0 fully saturated rings. The zero-order chi connectivity index (χ0) is 20.1. The summed E-state index contributed by atoms with van der Waals surface area (Å²) in [5, 5.41) is 6.00. The van der Waals surface area contributed by atoms with Crippen molar-refractivity contribution in [1.82, 2.24) is 10.3 Å². The molecule has 2 aromatic heterocycles. The van der Waals surface area contributed by atoms with Crippen LogP contribution in [0.5, 0.6) is 5.75 Å². The molecule has 0 radical (unpaired) electrons. The molecule has 2 N–H and O–H groups in total. The average molecular weight is 400 g/mol. The van der Waals surface area contributed by atoms with E-state index in [1.165, 1.54) is 31.8 Å². The summed E-state index contributed by atoms with van der Waals surface area (Å²) in [5.74, 6) is 0.274. The van der Waals surface area contributed by atoms with E-state index >= 15 is 0 Å². The molecular weight excluding hydrogens is 382 g/mol. The van der Waals surface area contributed by atoms with Gasteiger partial charge in [0.05, 0.1) is 36.7 Å². The van der Waals surface area contributed by atoms with Crippen molar-refractivity contribution in [2.45, 2.75) is 13.5 Å². The fraction of sp³-hybridized carbons (Fsp3) is 0.150. The number of anilines is 1. The van der Waals surface area contributed by atoms with Crippen LogP contribution < -0.4 is 15.4 Å². The van der Waals surface area contributed by atoms with Crippen LogP contribution >= 0.6 is 11.6 Å². The predicted molar refractivity (Wildman–Crippen MR) is 105 cm³/mol. The Balaban J connectivity index is 1.73. The number of carbonyl (C=O) groups is 2. The third kappa shape index (κ3) is 4.50. The molecule has 0 spiro atoms. The van der Waals surface area contributed by atoms with Gasteiger partial charge in [0.1, 0.15) is 11.5 Å². The van der Waals surface area contributed by atoms with Crippen LogP contribution in [0.1, 0.15) is 32.0 Å².